The van der Waals surface area contributed by atoms with Gasteiger partial charge >= 0.3 is 6.18 Å². The van der Waals surface area contributed by atoms with E-state index in [1.54, 1.807) is 0 Å². The molecule has 0 aromatic heterocycles. The van der Waals surface area contributed by atoms with Crippen molar-refractivity contribution in [3.63, 3.8) is 0 Å². The maximum Gasteiger partial charge on any atom is 0.429 e. The zero-order valence-electron chi connectivity index (χ0n) is 14.6. The van der Waals surface area contributed by atoms with Gasteiger partial charge in [-0.1, -0.05) is 6.58 Å². The molecule has 1 aromatic rings. The van der Waals surface area contributed by atoms with Gasteiger partial charge in [0.2, 0.25) is 21.9 Å². The largest absolute Gasteiger partial charge is 0.429 e. The maximum atomic E-state index is 12.6. The fourth-order valence-corrected chi connectivity index (χ4v) is 3.17. The van der Waals surface area contributed by atoms with Gasteiger partial charge in [-0.15, -0.1) is 0 Å². The quantitative estimate of drug-likeness (QED) is 0.460. The summed E-state index contributed by atoms with van der Waals surface area (Å²) in [4.78, 5) is 18.4. The number of guanidine groups is 1. The standard InChI is InChI=1S/C16H18F3N5O3S/c1-2-14(25)23-11-3-5-12(6-4-11)28(26,27)22-10-9-21-15-20-8-7-13(24-15)16(17,18)19/h2-6,22H,1,7-10H2,(H,20,21)(H,23,25). The molecule has 1 aromatic carbocycles. The number of sulfonamides is 1. The fourth-order valence-electron chi connectivity index (χ4n) is 2.14. The molecule has 8 nitrogen and oxygen atoms in total. The first-order valence-electron chi connectivity index (χ1n) is 8.08. The molecule has 1 aliphatic heterocycles. The molecule has 1 heterocycles. The van der Waals surface area contributed by atoms with E-state index in [1.807, 2.05) is 0 Å². The summed E-state index contributed by atoms with van der Waals surface area (Å²) in [6.07, 6.45) is -3.72. The number of nitrogens with zero attached hydrogens (tertiary/aromatic N) is 2. The lowest BCUT2D eigenvalue weighted by molar-refractivity contribution is -0.111. The monoisotopic (exact) mass is 417 g/mol. The molecule has 0 atom stereocenters. The minimum atomic E-state index is -4.51. The molecule has 0 fully saturated rings. The summed E-state index contributed by atoms with van der Waals surface area (Å²) in [6.45, 7) is 3.18. The van der Waals surface area contributed by atoms with Crippen molar-refractivity contribution in [2.45, 2.75) is 17.5 Å². The van der Waals surface area contributed by atoms with Crippen LogP contribution in [0.25, 0.3) is 0 Å². The second-order valence-electron chi connectivity index (χ2n) is 5.55. The number of hydrogen-bond donors (Lipinski definition) is 3. The lowest BCUT2D eigenvalue weighted by Crippen LogP contribution is -2.37. The molecule has 2 rings (SSSR count). The number of aliphatic imine (C=N–C) groups is 2. The molecule has 28 heavy (non-hydrogen) atoms. The zero-order chi connectivity index (χ0) is 20.8. The molecule has 12 heteroatoms. The first-order chi connectivity index (χ1) is 13.1. The van der Waals surface area contributed by atoms with E-state index < -0.39 is 27.8 Å². The third-order valence-corrected chi connectivity index (χ3v) is 4.97. The van der Waals surface area contributed by atoms with E-state index in [-0.39, 0.29) is 36.9 Å². The average Bonchev–Trinajstić information content (AvgIpc) is 2.65. The van der Waals surface area contributed by atoms with Crippen LogP contribution >= 0.6 is 0 Å². The van der Waals surface area contributed by atoms with Crippen molar-refractivity contribution < 1.29 is 26.4 Å². The minimum absolute atomic E-state index is 0.000175. The van der Waals surface area contributed by atoms with Gasteiger partial charge in [0, 0.05) is 31.7 Å². The van der Waals surface area contributed by atoms with Crippen LogP contribution in [0.15, 0.2) is 51.8 Å². The predicted molar refractivity (Wildman–Crippen MR) is 98.9 cm³/mol. The molecule has 0 unspecified atom stereocenters. The number of anilines is 1. The molecule has 1 aliphatic rings. The fraction of sp³-hybridized carbons (Fsp3) is 0.312. The maximum absolute atomic E-state index is 12.6. The van der Waals surface area contributed by atoms with E-state index in [4.69, 9.17) is 0 Å². The summed E-state index contributed by atoms with van der Waals surface area (Å²) in [6, 6.07) is 5.44. The van der Waals surface area contributed by atoms with Gasteiger partial charge in [0.15, 0.2) is 0 Å². The van der Waals surface area contributed by atoms with Gasteiger partial charge in [-0.3, -0.25) is 9.79 Å². The van der Waals surface area contributed by atoms with Crippen molar-refractivity contribution in [1.82, 2.24) is 10.0 Å². The number of hydrogen-bond acceptors (Lipinski definition) is 6. The van der Waals surface area contributed by atoms with Crippen molar-refractivity contribution in [1.29, 1.82) is 0 Å². The highest BCUT2D eigenvalue weighted by molar-refractivity contribution is 7.89. The van der Waals surface area contributed by atoms with Crippen LogP contribution in [0, 0.1) is 0 Å². The van der Waals surface area contributed by atoms with E-state index in [0.29, 0.717) is 5.69 Å². The minimum Gasteiger partial charge on any atom is -0.353 e. The van der Waals surface area contributed by atoms with E-state index >= 15 is 0 Å². The number of rotatable bonds is 7. The Morgan fingerprint density at radius 3 is 2.50 bits per heavy atom. The molecule has 1 amide bonds. The van der Waals surface area contributed by atoms with Gasteiger partial charge < -0.3 is 10.6 Å². The van der Waals surface area contributed by atoms with E-state index in [2.05, 4.69) is 31.9 Å². The van der Waals surface area contributed by atoms with Crippen LogP contribution in [-0.4, -0.2) is 51.8 Å². The van der Waals surface area contributed by atoms with Crippen LogP contribution in [0.3, 0.4) is 0 Å². The highest BCUT2D eigenvalue weighted by Gasteiger charge is 2.36. The van der Waals surface area contributed by atoms with Gasteiger partial charge in [0.1, 0.15) is 5.71 Å². The SMILES string of the molecule is C=CC(=O)Nc1ccc(S(=O)(=O)NCCNC2=NCCC(C(F)(F)F)=N2)cc1. The van der Waals surface area contributed by atoms with E-state index in [1.165, 1.54) is 24.3 Å². The van der Waals surface area contributed by atoms with Crippen LogP contribution in [0.1, 0.15) is 6.42 Å². The molecular formula is C16H18F3N5O3S. The molecular weight excluding hydrogens is 399 g/mol. The average molecular weight is 417 g/mol. The Hall–Kier alpha value is -2.73. The Labute approximate surface area is 159 Å². The molecule has 0 bridgehead atoms. The van der Waals surface area contributed by atoms with Crippen LogP contribution in [0.5, 0.6) is 0 Å². The summed E-state index contributed by atoms with van der Waals surface area (Å²) in [7, 11) is -3.83. The molecule has 0 saturated carbocycles. The first kappa shape index (κ1) is 21.6. The van der Waals surface area contributed by atoms with Crippen LogP contribution in [0.2, 0.25) is 0 Å². The smallest absolute Gasteiger partial charge is 0.353 e. The number of benzene rings is 1. The summed E-state index contributed by atoms with van der Waals surface area (Å²) >= 11 is 0. The second kappa shape index (κ2) is 8.97. The predicted octanol–water partition coefficient (Wildman–Crippen LogP) is 1.44. The number of halogens is 3. The third kappa shape index (κ3) is 6.16. The lowest BCUT2D eigenvalue weighted by atomic mass is 10.2. The van der Waals surface area contributed by atoms with Crippen LogP contribution < -0.4 is 15.4 Å². The van der Waals surface area contributed by atoms with E-state index in [9.17, 15) is 26.4 Å². The van der Waals surface area contributed by atoms with Gasteiger partial charge in [-0.2, -0.15) is 13.2 Å². The topological polar surface area (TPSA) is 112 Å². The zero-order valence-corrected chi connectivity index (χ0v) is 15.4. The Bertz CT molecular complexity index is 893. The number of carbonyl (C=O) groups is 1. The molecule has 152 valence electrons. The molecule has 3 N–H and O–H groups in total. The van der Waals surface area contributed by atoms with Gasteiger partial charge in [0.05, 0.1) is 4.90 Å². The molecule has 0 spiro atoms. The van der Waals surface area contributed by atoms with Crippen LogP contribution in [-0.2, 0) is 14.8 Å². The van der Waals surface area contributed by atoms with Crippen molar-refractivity contribution in [3.05, 3.63) is 36.9 Å². The number of carbonyl (C=O) groups excluding carboxylic acids is 1. The van der Waals surface area contributed by atoms with Gasteiger partial charge in [-0.05, 0) is 30.3 Å². The highest BCUT2D eigenvalue weighted by Crippen LogP contribution is 2.21. The Balaban J connectivity index is 1.87. The van der Waals surface area contributed by atoms with Crippen molar-refractivity contribution in [2.75, 3.05) is 25.0 Å². The highest BCUT2D eigenvalue weighted by atomic mass is 32.2. The third-order valence-electron chi connectivity index (χ3n) is 3.50. The van der Waals surface area contributed by atoms with Crippen molar-refractivity contribution in [3.8, 4) is 0 Å². The molecule has 0 radical (unpaired) electrons. The summed E-state index contributed by atoms with van der Waals surface area (Å²) in [5, 5.41) is 5.05. The Morgan fingerprint density at radius 1 is 1.21 bits per heavy atom. The van der Waals surface area contributed by atoms with Crippen LogP contribution in [0.4, 0.5) is 18.9 Å². The Morgan fingerprint density at radius 2 is 1.89 bits per heavy atom. The number of alkyl halides is 3. The summed E-state index contributed by atoms with van der Waals surface area (Å²) in [5.41, 5.74) is -0.520. The van der Waals surface area contributed by atoms with E-state index in [0.717, 1.165) is 6.08 Å². The summed E-state index contributed by atoms with van der Waals surface area (Å²) < 4.78 is 64.6. The lowest BCUT2D eigenvalue weighted by Gasteiger charge is -2.15. The van der Waals surface area contributed by atoms with Gasteiger partial charge in [0.25, 0.3) is 0 Å². The Kier molecular flexibility index (Phi) is 6.91. The molecule has 0 saturated heterocycles. The molecule has 0 aliphatic carbocycles. The van der Waals surface area contributed by atoms with Crippen molar-refractivity contribution >= 4 is 33.3 Å². The second-order valence-corrected chi connectivity index (χ2v) is 7.32. The number of nitrogens with one attached hydrogen (secondary N) is 3. The first-order valence-corrected chi connectivity index (χ1v) is 9.56. The summed E-state index contributed by atoms with van der Waals surface area (Å²) in [5.74, 6) is -0.609. The normalized spacial score (nSPS) is 14.7. The van der Waals surface area contributed by atoms with Crippen molar-refractivity contribution in [2.24, 2.45) is 9.98 Å². The van der Waals surface area contributed by atoms with Gasteiger partial charge in [-0.25, -0.2) is 18.1 Å². The number of amides is 1.